The molecule has 0 atom stereocenters. The monoisotopic (exact) mass is 343 g/mol. The van der Waals surface area contributed by atoms with Crippen LogP contribution >= 0.6 is 24.0 Å². The molecular weight excluding hydrogens is 329 g/mol. The van der Waals surface area contributed by atoms with Crippen LogP contribution in [0.2, 0.25) is 0 Å². The summed E-state index contributed by atoms with van der Waals surface area (Å²) in [4.78, 5) is 14.9. The lowest BCUT2D eigenvalue weighted by Gasteiger charge is -2.18. The number of carbonyl (C=O) groups excluding carboxylic acids is 1. The Balaban J connectivity index is 1.95. The predicted molar refractivity (Wildman–Crippen MR) is 97.9 cm³/mol. The average Bonchev–Trinajstić information content (AvgIpc) is 2.83. The largest absolute Gasteiger partial charge is 0.270 e. The molecule has 116 valence electrons. The molecule has 1 saturated heterocycles. The van der Waals surface area contributed by atoms with Gasteiger partial charge in [0, 0.05) is 0 Å². The standard InChI is InChI=1S/C18H14FNOS2/c1-2-13-5-3-4-6-15(13)20-17(21)16(23-18(20)22)11-12-7-9-14(19)10-8-12/h3-11H,2H2,1H3. The highest BCUT2D eigenvalue weighted by molar-refractivity contribution is 8.27. The molecule has 0 bridgehead atoms. The first kappa shape index (κ1) is 15.9. The number of para-hydroxylation sites is 1. The molecule has 23 heavy (non-hydrogen) atoms. The maximum Gasteiger partial charge on any atom is 0.270 e. The maximum absolute atomic E-state index is 13.0. The van der Waals surface area contributed by atoms with Crippen LogP contribution in [0.5, 0.6) is 0 Å². The molecule has 1 fully saturated rings. The van der Waals surface area contributed by atoms with Crippen LogP contribution in [0.25, 0.3) is 6.08 Å². The number of halogens is 1. The molecule has 0 unspecified atom stereocenters. The van der Waals surface area contributed by atoms with E-state index >= 15 is 0 Å². The van der Waals surface area contributed by atoms with Gasteiger partial charge in [-0.1, -0.05) is 61.2 Å². The molecule has 1 heterocycles. The van der Waals surface area contributed by atoms with Crippen molar-refractivity contribution in [3.63, 3.8) is 0 Å². The molecule has 0 radical (unpaired) electrons. The number of hydrogen-bond acceptors (Lipinski definition) is 3. The summed E-state index contributed by atoms with van der Waals surface area (Å²) in [5.74, 6) is -0.434. The summed E-state index contributed by atoms with van der Waals surface area (Å²) in [6, 6.07) is 13.8. The third-order valence-electron chi connectivity index (χ3n) is 3.57. The highest BCUT2D eigenvalue weighted by Crippen LogP contribution is 2.37. The summed E-state index contributed by atoms with van der Waals surface area (Å²) in [6.45, 7) is 2.05. The zero-order chi connectivity index (χ0) is 16.4. The number of carbonyl (C=O) groups is 1. The molecule has 0 N–H and O–H groups in total. The second kappa shape index (κ2) is 6.64. The van der Waals surface area contributed by atoms with Crippen LogP contribution < -0.4 is 4.90 Å². The number of thiocarbonyl (C=S) groups is 1. The van der Waals surface area contributed by atoms with Gasteiger partial charge < -0.3 is 0 Å². The average molecular weight is 343 g/mol. The molecule has 3 rings (SSSR count). The van der Waals surface area contributed by atoms with Gasteiger partial charge in [0.1, 0.15) is 5.82 Å². The summed E-state index contributed by atoms with van der Waals surface area (Å²) in [5, 5.41) is 0. The quantitative estimate of drug-likeness (QED) is 0.590. The summed E-state index contributed by atoms with van der Waals surface area (Å²) < 4.78 is 13.5. The Morgan fingerprint density at radius 2 is 1.87 bits per heavy atom. The lowest BCUT2D eigenvalue weighted by molar-refractivity contribution is -0.113. The van der Waals surface area contributed by atoms with E-state index in [0.29, 0.717) is 9.23 Å². The van der Waals surface area contributed by atoms with Crippen LogP contribution in [0.4, 0.5) is 10.1 Å². The number of anilines is 1. The van der Waals surface area contributed by atoms with Crippen molar-refractivity contribution >= 4 is 46.0 Å². The van der Waals surface area contributed by atoms with Crippen LogP contribution in [0.3, 0.4) is 0 Å². The molecule has 0 saturated carbocycles. The fourth-order valence-electron chi connectivity index (χ4n) is 2.41. The van der Waals surface area contributed by atoms with Crippen LogP contribution in [-0.2, 0) is 11.2 Å². The number of nitrogens with zero attached hydrogens (tertiary/aromatic N) is 1. The zero-order valence-corrected chi connectivity index (χ0v) is 14.1. The minimum Gasteiger partial charge on any atom is -0.268 e. The van der Waals surface area contributed by atoms with Crippen molar-refractivity contribution in [2.24, 2.45) is 0 Å². The van der Waals surface area contributed by atoms with Gasteiger partial charge in [-0.25, -0.2) is 4.39 Å². The predicted octanol–water partition coefficient (Wildman–Crippen LogP) is 4.79. The molecule has 0 aromatic heterocycles. The molecule has 5 heteroatoms. The number of thioether (sulfide) groups is 1. The first-order chi connectivity index (χ1) is 11.1. The summed E-state index contributed by atoms with van der Waals surface area (Å²) in [5.41, 5.74) is 2.68. The van der Waals surface area contributed by atoms with Gasteiger partial charge in [0.25, 0.3) is 5.91 Å². The van der Waals surface area contributed by atoms with Crippen molar-refractivity contribution in [1.82, 2.24) is 0 Å². The van der Waals surface area contributed by atoms with E-state index in [1.54, 1.807) is 23.1 Å². The molecule has 2 aromatic carbocycles. The Labute approximate surface area is 144 Å². The lowest BCUT2D eigenvalue weighted by atomic mass is 10.1. The maximum atomic E-state index is 13.0. The van der Waals surface area contributed by atoms with Crippen molar-refractivity contribution in [3.8, 4) is 0 Å². The molecule has 1 amide bonds. The molecule has 1 aliphatic heterocycles. The normalized spacial score (nSPS) is 16.4. The number of benzene rings is 2. The molecule has 0 spiro atoms. The smallest absolute Gasteiger partial charge is 0.268 e. The van der Waals surface area contributed by atoms with Gasteiger partial charge in [-0.15, -0.1) is 0 Å². The highest BCUT2D eigenvalue weighted by atomic mass is 32.2. The van der Waals surface area contributed by atoms with E-state index in [9.17, 15) is 9.18 Å². The summed E-state index contributed by atoms with van der Waals surface area (Å²) in [7, 11) is 0. The Bertz CT molecular complexity index is 799. The molecule has 2 aromatic rings. The Hall–Kier alpha value is -1.98. The fourth-order valence-corrected chi connectivity index (χ4v) is 3.70. The van der Waals surface area contributed by atoms with E-state index in [1.807, 2.05) is 31.2 Å². The number of hydrogen-bond donors (Lipinski definition) is 0. The molecular formula is C18H14FNOS2. The zero-order valence-electron chi connectivity index (χ0n) is 12.5. The Morgan fingerprint density at radius 3 is 2.57 bits per heavy atom. The van der Waals surface area contributed by atoms with Crippen molar-refractivity contribution in [1.29, 1.82) is 0 Å². The topological polar surface area (TPSA) is 20.3 Å². The van der Waals surface area contributed by atoms with E-state index in [4.69, 9.17) is 12.2 Å². The van der Waals surface area contributed by atoms with Gasteiger partial charge in [0.05, 0.1) is 10.6 Å². The van der Waals surface area contributed by atoms with Gasteiger partial charge >= 0.3 is 0 Å². The van der Waals surface area contributed by atoms with E-state index < -0.39 is 0 Å². The van der Waals surface area contributed by atoms with Crippen LogP contribution in [-0.4, -0.2) is 10.2 Å². The van der Waals surface area contributed by atoms with Crippen molar-refractivity contribution in [2.45, 2.75) is 13.3 Å². The van der Waals surface area contributed by atoms with Crippen molar-refractivity contribution in [2.75, 3.05) is 4.90 Å². The van der Waals surface area contributed by atoms with E-state index in [2.05, 4.69) is 0 Å². The molecule has 0 aliphatic carbocycles. The van der Waals surface area contributed by atoms with Crippen molar-refractivity contribution in [3.05, 3.63) is 70.4 Å². The number of aryl methyl sites for hydroxylation is 1. The second-order valence-electron chi connectivity index (χ2n) is 5.05. The Kier molecular flexibility index (Phi) is 4.59. The number of amides is 1. The van der Waals surface area contributed by atoms with Gasteiger partial charge in [0.15, 0.2) is 4.32 Å². The van der Waals surface area contributed by atoms with Crippen LogP contribution in [0, 0.1) is 5.82 Å². The number of rotatable bonds is 3. The SMILES string of the molecule is CCc1ccccc1N1C(=O)C(=Cc2ccc(F)cc2)SC1=S. The van der Waals surface area contributed by atoms with E-state index in [-0.39, 0.29) is 11.7 Å². The highest BCUT2D eigenvalue weighted by Gasteiger charge is 2.34. The van der Waals surface area contributed by atoms with Gasteiger partial charge in [-0.2, -0.15) is 0 Å². The third kappa shape index (κ3) is 3.21. The van der Waals surface area contributed by atoms with Crippen LogP contribution in [0.15, 0.2) is 53.4 Å². The van der Waals surface area contributed by atoms with E-state index in [0.717, 1.165) is 23.2 Å². The third-order valence-corrected chi connectivity index (χ3v) is 4.88. The second-order valence-corrected chi connectivity index (χ2v) is 6.73. The minimum absolute atomic E-state index is 0.134. The lowest BCUT2D eigenvalue weighted by Crippen LogP contribution is -2.28. The molecule has 1 aliphatic rings. The fraction of sp³-hybridized carbons (Fsp3) is 0.111. The summed E-state index contributed by atoms with van der Waals surface area (Å²) in [6.07, 6.45) is 2.57. The van der Waals surface area contributed by atoms with Gasteiger partial charge in [0.2, 0.25) is 0 Å². The first-order valence-electron chi connectivity index (χ1n) is 7.21. The molecule has 2 nitrogen and oxygen atoms in total. The van der Waals surface area contributed by atoms with Crippen molar-refractivity contribution < 1.29 is 9.18 Å². The first-order valence-corrected chi connectivity index (χ1v) is 8.44. The van der Waals surface area contributed by atoms with Crippen LogP contribution in [0.1, 0.15) is 18.1 Å². The Morgan fingerprint density at radius 1 is 1.17 bits per heavy atom. The van der Waals surface area contributed by atoms with Gasteiger partial charge in [-0.05, 0) is 41.8 Å². The minimum atomic E-state index is -0.299. The van der Waals surface area contributed by atoms with Gasteiger partial charge in [-0.3, -0.25) is 9.69 Å². The van der Waals surface area contributed by atoms with E-state index in [1.165, 1.54) is 23.9 Å². The summed E-state index contributed by atoms with van der Waals surface area (Å²) >= 11 is 6.66.